The average molecular weight is 253 g/mol. The number of thiazole rings is 2. The Morgan fingerprint density at radius 1 is 1.50 bits per heavy atom. The first-order valence-corrected chi connectivity index (χ1v) is 6.53. The molecule has 2 heterocycles. The Morgan fingerprint density at radius 3 is 2.88 bits per heavy atom. The number of aryl methyl sites for hydroxylation is 1. The van der Waals surface area contributed by atoms with Crippen LogP contribution in [0.3, 0.4) is 0 Å². The van der Waals surface area contributed by atoms with Crippen molar-refractivity contribution in [2.75, 3.05) is 7.05 Å². The van der Waals surface area contributed by atoms with E-state index in [1.54, 1.807) is 34.2 Å². The second-order valence-electron chi connectivity index (χ2n) is 3.39. The van der Waals surface area contributed by atoms with Gasteiger partial charge in [-0.25, -0.2) is 9.97 Å². The summed E-state index contributed by atoms with van der Waals surface area (Å²) >= 11 is 3.02. The maximum Gasteiger partial charge on any atom is 0.273 e. The third kappa shape index (κ3) is 2.45. The van der Waals surface area contributed by atoms with Crippen molar-refractivity contribution in [3.63, 3.8) is 0 Å². The fourth-order valence-corrected chi connectivity index (χ4v) is 2.44. The van der Waals surface area contributed by atoms with Crippen LogP contribution in [0.15, 0.2) is 16.3 Å². The zero-order chi connectivity index (χ0) is 11.5. The van der Waals surface area contributed by atoms with Crippen molar-refractivity contribution in [2.24, 2.45) is 0 Å². The Morgan fingerprint density at radius 2 is 2.31 bits per heavy atom. The van der Waals surface area contributed by atoms with Crippen molar-refractivity contribution in [3.05, 3.63) is 32.7 Å². The highest BCUT2D eigenvalue weighted by Gasteiger charge is 2.14. The zero-order valence-electron chi connectivity index (χ0n) is 9.01. The lowest BCUT2D eigenvalue weighted by Crippen LogP contribution is -2.26. The van der Waals surface area contributed by atoms with Crippen LogP contribution in [0.4, 0.5) is 0 Å². The summed E-state index contributed by atoms with van der Waals surface area (Å²) in [5.41, 5.74) is 3.08. The lowest BCUT2D eigenvalue weighted by atomic mass is 10.4. The van der Waals surface area contributed by atoms with Crippen LogP contribution < -0.4 is 0 Å². The number of aromatic nitrogens is 2. The van der Waals surface area contributed by atoms with E-state index in [1.807, 2.05) is 12.3 Å². The maximum absolute atomic E-state index is 11.9. The highest BCUT2D eigenvalue weighted by molar-refractivity contribution is 7.09. The number of amides is 1. The van der Waals surface area contributed by atoms with E-state index in [2.05, 4.69) is 9.97 Å². The van der Waals surface area contributed by atoms with Crippen molar-refractivity contribution >= 4 is 28.6 Å². The summed E-state index contributed by atoms with van der Waals surface area (Å²) in [5, 5.41) is 4.75. The first kappa shape index (κ1) is 11.2. The Hall–Kier alpha value is -1.27. The Bertz CT molecular complexity index is 478. The number of carbonyl (C=O) groups is 1. The van der Waals surface area contributed by atoms with Gasteiger partial charge in [0.2, 0.25) is 0 Å². The van der Waals surface area contributed by atoms with Crippen molar-refractivity contribution < 1.29 is 4.79 Å². The van der Waals surface area contributed by atoms with Gasteiger partial charge in [-0.3, -0.25) is 4.79 Å². The molecule has 0 bridgehead atoms. The van der Waals surface area contributed by atoms with Gasteiger partial charge in [-0.2, -0.15) is 0 Å². The van der Waals surface area contributed by atoms with Gasteiger partial charge in [-0.05, 0) is 6.92 Å². The molecule has 6 heteroatoms. The average Bonchev–Trinajstić information content (AvgIpc) is 2.88. The fraction of sp³-hybridized carbons (Fsp3) is 0.300. The summed E-state index contributed by atoms with van der Waals surface area (Å²) in [7, 11) is 1.76. The van der Waals surface area contributed by atoms with Gasteiger partial charge in [-0.1, -0.05) is 0 Å². The molecule has 0 aliphatic carbocycles. The molecular formula is C10H11N3OS2. The fourth-order valence-electron chi connectivity index (χ4n) is 1.31. The van der Waals surface area contributed by atoms with E-state index in [9.17, 15) is 4.79 Å². The SMILES string of the molecule is Cc1nc(CN(C)C(=O)c2cscn2)cs1. The second kappa shape index (κ2) is 4.71. The smallest absolute Gasteiger partial charge is 0.273 e. The van der Waals surface area contributed by atoms with Gasteiger partial charge < -0.3 is 4.90 Å². The van der Waals surface area contributed by atoms with E-state index in [4.69, 9.17) is 0 Å². The van der Waals surface area contributed by atoms with Gasteiger partial charge in [0, 0.05) is 17.8 Å². The molecule has 0 atom stereocenters. The van der Waals surface area contributed by atoms with Crippen LogP contribution in [-0.4, -0.2) is 27.8 Å². The molecule has 0 unspecified atom stereocenters. The molecular weight excluding hydrogens is 242 g/mol. The van der Waals surface area contributed by atoms with E-state index < -0.39 is 0 Å². The summed E-state index contributed by atoms with van der Waals surface area (Å²) < 4.78 is 0. The van der Waals surface area contributed by atoms with Crippen LogP contribution in [0.1, 0.15) is 21.2 Å². The molecule has 2 aromatic heterocycles. The minimum atomic E-state index is -0.0631. The van der Waals surface area contributed by atoms with Gasteiger partial charge in [0.05, 0.1) is 22.8 Å². The lowest BCUT2D eigenvalue weighted by Gasteiger charge is -2.13. The van der Waals surface area contributed by atoms with Crippen molar-refractivity contribution in [1.82, 2.24) is 14.9 Å². The summed E-state index contributed by atoms with van der Waals surface area (Å²) in [6, 6.07) is 0. The van der Waals surface area contributed by atoms with Gasteiger partial charge in [0.1, 0.15) is 5.69 Å². The van der Waals surface area contributed by atoms with Crippen LogP contribution >= 0.6 is 22.7 Å². The predicted molar refractivity (Wildman–Crippen MR) is 64.8 cm³/mol. The largest absolute Gasteiger partial charge is 0.334 e. The number of hydrogen-bond donors (Lipinski definition) is 0. The number of hydrogen-bond acceptors (Lipinski definition) is 5. The van der Waals surface area contributed by atoms with Crippen LogP contribution in [0.2, 0.25) is 0 Å². The van der Waals surface area contributed by atoms with Crippen LogP contribution in [-0.2, 0) is 6.54 Å². The minimum Gasteiger partial charge on any atom is -0.334 e. The van der Waals surface area contributed by atoms with Crippen molar-refractivity contribution in [2.45, 2.75) is 13.5 Å². The van der Waals surface area contributed by atoms with Gasteiger partial charge in [-0.15, -0.1) is 22.7 Å². The van der Waals surface area contributed by atoms with Crippen LogP contribution in [0.5, 0.6) is 0 Å². The molecule has 0 saturated carbocycles. The van der Waals surface area contributed by atoms with Gasteiger partial charge in [0.15, 0.2) is 0 Å². The zero-order valence-corrected chi connectivity index (χ0v) is 10.6. The maximum atomic E-state index is 11.9. The van der Waals surface area contributed by atoms with Crippen molar-refractivity contribution in [1.29, 1.82) is 0 Å². The molecule has 0 spiro atoms. The quantitative estimate of drug-likeness (QED) is 0.842. The van der Waals surface area contributed by atoms with Crippen molar-refractivity contribution in [3.8, 4) is 0 Å². The predicted octanol–water partition coefficient (Wildman–Crippen LogP) is 2.18. The summed E-state index contributed by atoms with van der Waals surface area (Å²) in [5.74, 6) is -0.0631. The normalized spacial score (nSPS) is 10.4. The summed E-state index contributed by atoms with van der Waals surface area (Å²) in [6.45, 7) is 2.48. The highest BCUT2D eigenvalue weighted by Crippen LogP contribution is 2.11. The molecule has 1 amide bonds. The lowest BCUT2D eigenvalue weighted by molar-refractivity contribution is 0.0778. The minimum absolute atomic E-state index is 0.0631. The molecule has 0 aliphatic rings. The molecule has 84 valence electrons. The molecule has 16 heavy (non-hydrogen) atoms. The topological polar surface area (TPSA) is 46.1 Å². The number of nitrogens with zero attached hydrogens (tertiary/aromatic N) is 3. The van der Waals surface area contributed by atoms with E-state index >= 15 is 0 Å². The van der Waals surface area contributed by atoms with Gasteiger partial charge >= 0.3 is 0 Å². The molecule has 2 rings (SSSR count). The molecule has 0 N–H and O–H groups in total. The summed E-state index contributed by atoms with van der Waals surface area (Å²) in [6.07, 6.45) is 0. The third-order valence-corrected chi connectivity index (χ3v) is 3.47. The molecule has 2 aromatic rings. The van der Waals surface area contributed by atoms with Crippen LogP contribution in [0, 0.1) is 6.92 Å². The summed E-state index contributed by atoms with van der Waals surface area (Å²) in [4.78, 5) is 21.8. The Balaban J connectivity index is 2.03. The first-order chi connectivity index (χ1) is 7.66. The Labute approximate surface area is 102 Å². The standard InChI is InChI=1S/C10H11N3OS2/c1-7-12-8(4-16-7)3-13(2)10(14)9-5-15-6-11-9/h4-6H,3H2,1-2H3. The van der Waals surface area contributed by atoms with E-state index in [0.717, 1.165) is 10.7 Å². The molecule has 0 aliphatic heterocycles. The first-order valence-electron chi connectivity index (χ1n) is 4.71. The number of rotatable bonds is 3. The molecule has 0 radical (unpaired) electrons. The van der Waals surface area contributed by atoms with Gasteiger partial charge in [0.25, 0.3) is 5.91 Å². The van der Waals surface area contributed by atoms with Crippen LogP contribution in [0.25, 0.3) is 0 Å². The van der Waals surface area contributed by atoms with E-state index in [-0.39, 0.29) is 5.91 Å². The third-order valence-electron chi connectivity index (χ3n) is 2.06. The monoisotopic (exact) mass is 253 g/mol. The Kier molecular flexibility index (Phi) is 3.31. The molecule has 4 nitrogen and oxygen atoms in total. The second-order valence-corrected chi connectivity index (χ2v) is 5.17. The molecule has 0 fully saturated rings. The number of carbonyl (C=O) groups excluding carboxylic acids is 1. The molecule has 0 aromatic carbocycles. The molecule has 0 saturated heterocycles. The highest BCUT2D eigenvalue weighted by atomic mass is 32.1. The van der Waals surface area contributed by atoms with E-state index in [0.29, 0.717) is 12.2 Å². The van der Waals surface area contributed by atoms with E-state index in [1.165, 1.54) is 11.3 Å².